The van der Waals surface area contributed by atoms with E-state index in [1.165, 1.54) is 7.11 Å². The van der Waals surface area contributed by atoms with Gasteiger partial charge in [0.15, 0.2) is 0 Å². The molecule has 0 heterocycles. The third-order valence-electron chi connectivity index (χ3n) is 0.958. The molecule has 0 saturated heterocycles. The quantitative estimate of drug-likeness (QED) is 0.525. The van der Waals surface area contributed by atoms with Crippen molar-refractivity contribution in [3.05, 3.63) is 24.6 Å². The number of rotatable bonds is 4. The summed E-state index contributed by atoms with van der Waals surface area (Å²) < 4.78 is 5.48. The van der Waals surface area contributed by atoms with Crippen molar-refractivity contribution >= 4 is 20.6 Å². The molecule has 0 unspecified atom stereocenters. The molecule has 0 aliphatic carbocycles. The second-order valence-corrected chi connectivity index (χ2v) is 2.66. The highest BCUT2D eigenvalue weighted by Gasteiger charge is 1.87. The average molecular weight is 218 g/mol. The topological polar surface area (TPSA) is 21.6 Å². The highest BCUT2D eigenvalue weighted by molar-refractivity contribution is 9.18. The van der Waals surface area contributed by atoms with Crippen LogP contribution >= 0.6 is 15.9 Å². The van der Waals surface area contributed by atoms with Gasteiger partial charge in [0.1, 0.15) is 4.62 Å². The zero-order valence-corrected chi connectivity index (χ0v) is 8.39. The number of aliphatic imine (C=N–C) groups is 1. The van der Waals surface area contributed by atoms with Crippen molar-refractivity contribution in [1.82, 2.24) is 0 Å². The van der Waals surface area contributed by atoms with Crippen LogP contribution < -0.4 is 0 Å². The first-order valence-corrected chi connectivity index (χ1v) is 4.13. The lowest BCUT2D eigenvalue weighted by Crippen LogP contribution is -1.84. The summed E-state index contributed by atoms with van der Waals surface area (Å²) in [5.74, 6) is 0.401. The van der Waals surface area contributed by atoms with Gasteiger partial charge in [-0.15, -0.1) is 0 Å². The minimum atomic E-state index is 0.401. The molecule has 2 nitrogen and oxygen atoms in total. The maximum atomic E-state index is 4.75. The summed E-state index contributed by atoms with van der Waals surface area (Å²) in [6.07, 6.45) is 4.85. The summed E-state index contributed by atoms with van der Waals surface area (Å²) in [7, 11) is 1.54. The molecule has 0 bridgehead atoms. The lowest BCUT2D eigenvalue weighted by Gasteiger charge is -1.95. The van der Waals surface area contributed by atoms with Crippen molar-refractivity contribution in [3.8, 4) is 0 Å². The predicted octanol–water partition coefficient (Wildman–Crippen LogP) is 2.86. The Morgan fingerprint density at radius 3 is 2.82 bits per heavy atom. The molecule has 0 amide bonds. The zero-order chi connectivity index (χ0) is 8.69. The summed E-state index contributed by atoms with van der Waals surface area (Å²) in [6, 6.07) is 0. The van der Waals surface area contributed by atoms with E-state index < -0.39 is 0 Å². The Hall–Kier alpha value is -0.570. The molecule has 0 spiro atoms. The molecule has 0 N–H and O–H groups in total. The van der Waals surface area contributed by atoms with Crippen molar-refractivity contribution in [2.45, 2.75) is 13.3 Å². The molecule has 0 aliphatic heterocycles. The van der Waals surface area contributed by atoms with E-state index in [4.69, 9.17) is 4.74 Å². The smallest absolute Gasteiger partial charge is 0.206 e. The number of hydrogen-bond donors (Lipinski definition) is 0. The van der Waals surface area contributed by atoms with Gasteiger partial charge in [-0.25, -0.2) is 4.99 Å². The van der Waals surface area contributed by atoms with Crippen LogP contribution in [0.25, 0.3) is 0 Å². The van der Waals surface area contributed by atoms with Gasteiger partial charge in [-0.2, -0.15) is 0 Å². The molecule has 0 aromatic carbocycles. The highest BCUT2D eigenvalue weighted by atomic mass is 79.9. The van der Waals surface area contributed by atoms with Gasteiger partial charge in [0.05, 0.1) is 7.11 Å². The first-order valence-electron chi connectivity index (χ1n) is 3.34. The SMILES string of the molecule is C=C(/N=C(Br)\C=C/CC)OC. The van der Waals surface area contributed by atoms with Crippen molar-refractivity contribution in [3.63, 3.8) is 0 Å². The molecule has 62 valence electrons. The van der Waals surface area contributed by atoms with E-state index in [-0.39, 0.29) is 0 Å². The molecule has 0 atom stereocenters. The molecule has 0 radical (unpaired) electrons. The van der Waals surface area contributed by atoms with Crippen LogP contribution in [0.15, 0.2) is 29.6 Å². The summed E-state index contributed by atoms with van der Waals surface area (Å²) >= 11 is 3.24. The van der Waals surface area contributed by atoms with Crippen molar-refractivity contribution in [2.75, 3.05) is 7.11 Å². The number of hydrogen-bond acceptors (Lipinski definition) is 2. The maximum Gasteiger partial charge on any atom is 0.206 e. The third-order valence-corrected chi connectivity index (χ3v) is 1.40. The van der Waals surface area contributed by atoms with E-state index >= 15 is 0 Å². The van der Waals surface area contributed by atoms with Gasteiger partial charge >= 0.3 is 0 Å². The monoisotopic (exact) mass is 217 g/mol. The Morgan fingerprint density at radius 1 is 1.73 bits per heavy atom. The third kappa shape index (κ3) is 5.85. The molecule has 0 saturated carbocycles. The molecule has 3 heteroatoms. The number of methoxy groups -OCH3 is 1. The number of nitrogens with zero attached hydrogens (tertiary/aromatic N) is 1. The second kappa shape index (κ2) is 6.16. The molecule has 0 aromatic heterocycles. The molecule has 0 aliphatic rings. The Morgan fingerprint density at radius 2 is 2.36 bits per heavy atom. The average Bonchev–Trinajstić information content (AvgIpc) is 2.00. The van der Waals surface area contributed by atoms with E-state index in [9.17, 15) is 0 Å². The first kappa shape index (κ1) is 10.4. The summed E-state index contributed by atoms with van der Waals surface area (Å²) in [5.41, 5.74) is 0. The minimum Gasteiger partial charge on any atom is -0.481 e. The summed E-state index contributed by atoms with van der Waals surface area (Å²) in [6.45, 7) is 5.61. The van der Waals surface area contributed by atoms with Gasteiger partial charge in [0.2, 0.25) is 5.88 Å². The van der Waals surface area contributed by atoms with Crippen LogP contribution in [0.3, 0.4) is 0 Å². The van der Waals surface area contributed by atoms with E-state index in [1.54, 1.807) is 0 Å². The molecule has 11 heavy (non-hydrogen) atoms. The molecule has 0 aromatic rings. The Bertz CT molecular complexity index is 185. The Kier molecular flexibility index (Phi) is 5.84. The highest BCUT2D eigenvalue weighted by Crippen LogP contribution is 2.00. The van der Waals surface area contributed by atoms with E-state index in [0.29, 0.717) is 5.88 Å². The van der Waals surface area contributed by atoms with Crippen LogP contribution in [-0.2, 0) is 4.74 Å². The zero-order valence-electron chi connectivity index (χ0n) is 6.80. The Labute approximate surface area is 75.8 Å². The normalized spacial score (nSPS) is 12.1. The van der Waals surface area contributed by atoms with Gasteiger partial charge in [-0.1, -0.05) is 13.0 Å². The van der Waals surface area contributed by atoms with Gasteiger partial charge in [0, 0.05) is 0 Å². The summed E-state index contributed by atoms with van der Waals surface area (Å²) in [5, 5.41) is 0. The van der Waals surface area contributed by atoms with Crippen molar-refractivity contribution < 1.29 is 4.74 Å². The van der Waals surface area contributed by atoms with Crippen LogP contribution in [0.1, 0.15) is 13.3 Å². The van der Waals surface area contributed by atoms with Gasteiger partial charge in [-0.3, -0.25) is 0 Å². The minimum absolute atomic E-state index is 0.401. The van der Waals surface area contributed by atoms with Gasteiger partial charge in [-0.05, 0) is 35.0 Å². The van der Waals surface area contributed by atoms with E-state index in [1.807, 2.05) is 12.2 Å². The predicted molar refractivity (Wildman–Crippen MR) is 51.9 cm³/mol. The van der Waals surface area contributed by atoms with Crippen LogP contribution in [0.4, 0.5) is 0 Å². The molecule has 0 rings (SSSR count). The van der Waals surface area contributed by atoms with Crippen LogP contribution in [0, 0.1) is 0 Å². The summed E-state index contributed by atoms with van der Waals surface area (Å²) in [4.78, 5) is 3.96. The van der Waals surface area contributed by atoms with Crippen molar-refractivity contribution in [1.29, 1.82) is 0 Å². The maximum absolute atomic E-state index is 4.75. The lowest BCUT2D eigenvalue weighted by atomic mass is 10.4. The number of halogens is 1. The lowest BCUT2D eigenvalue weighted by molar-refractivity contribution is 0.291. The number of ether oxygens (including phenoxy) is 1. The largest absolute Gasteiger partial charge is 0.481 e. The Balaban J connectivity index is 4.00. The number of allylic oxidation sites excluding steroid dienone is 2. The fraction of sp³-hybridized carbons (Fsp3) is 0.375. The molecular formula is C8H12BrNO. The van der Waals surface area contributed by atoms with Gasteiger partial charge < -0.3 is 4.74 Å². The first-order chi connectivity index (χ1) is 5.20. The molecule has 0 fully saturated rings. The van der Waals surface area contributed by atoms with E-state index in [0.717, 1.165) is 11.0 Å². The second-order valence-electron chi connectivity index (χ2n) is 1.84. The van der Waals surface area contributed by atoms with Crippen LogP contribution in [0.5, 0.6) is 0 Å². The fourth-order valence-electron chi connectivity index (χ4n) is 0.417. The van der Waals surface area contributed by atoms with Crippen molar-refractivity contribution in [2.24, 2.45) is 4.99 Å². The molecular weight excluding hydrogens is 206 g/mol. The standard InChI is InChI=1S/C8H12BrNO/c1-4-5-6-8(9)10-7(2)11-3/h5-6H,2,4H2,1,3H3/b6-5-,10-8+. The van der Waals surface area contributed by atoms with Gasteiger partial charge in [0.25, 0.3) is 0 Å². The van der Waals surface area contributed by atoms with Crippen LogP contribution in [0.2, 0.25) is 0 Å². The van der Waals surface area contributed by atoms with Crippen LogP contribution in [-0.4, -0.2) is 11.7 Å². The van der Waals surface area contributed by atoms with E-state index in [2.05, 4.69) is 34.4 Å². The fourth-order valence-corrected chi connectivity index (χ4v) is 0.802.